The minimum Gasteiger partial charge on any atom is -0.341 e. The fraction of sp³-hybridized carbons (Fsp3) is 0.529. The Morgan fingerprint density at radius 2 is 2.23 bits per heavy atom. The molecule has 0 aliphatic heterocycles. The quantitative estimate of drug-likeness (QED) is 0.762. The SMILES string of the molecule is CC[C@@H]1CCc2sc(-c3nnc(SCC(=O)NC(=O)NC)n3C)cc2C1. The van der Waals surface area contributed by atoms with Crippen LogP contribution in [0, 0.1) is 5.92 Å². The van der Waals surface area contributed by atoms with E-state index in [9.17, 15) is 9.59 Å². The molecule has 0 radical (unpaired) electrons. The molecule has 0 saturated heterocycles. The number of carbonyl (C=O) groups is 2. The second-order valence-electron chi connectivity index (χ2n) is 6.36. The molecule has 1 atom stereocenters. The van der Waals surface area contributed by atoms with Gasteiger partial charge in [-0.1, -0.05) is 25.1 Å². The molecule has 2 aromatic rings. The largest absolute Gasteiger partial charge is 0.341 e. The van der Waals surface area contributed by atoms with Gasteiger partial charge in [0.1, 0.15) is 0 Å². The van der Waals surface area contributed by atoms with Crippen LogP contribution in [-0.4, -0.2) is 39.5 Å². The van der Waals surface area contributed by atoms with Crippen LogP contribution in [0.15, 0.2) is 11.2 Å². The first kappa shape index (κ1) is 18.9. The molecule has 2 aromatic heterocycles. The van der Waals surface area contributed by atoms with Gasteiger partial charge in [0.05, 0.1) is 10.6 Å². The first-order valence-corrected chi connectivity index (χ1v) is 10.5. The van der Waals surface area contributed by atoms with E-state index in [-0.39, 0.29) is 11.7 Å². The molecule has 7 nitrogen and oxygen atoms in total. The van der Waals surface area contributed by atoms with Crippen molar-refractivity contribution < 1.29 is 9.59 Å². The lowest BCUT2D eigenvalue weighted by molar-refractivity contribution is -0.117. The molecule has 1 aliphatic rings. The minimum absolute atomic E-state index is 0.110. The number of amides is 3. The van der Waals surface area contributed by atoms with Gasteiger partial charge >= 0.3 is 6.03 Å². The molecular formula is C17H23N5O2S2. The Kier molecular flexibility index (Phi) is 5.98. The lowest BCUT2D eigenvalue weighted by Gasteiger charge is -2.19. The van der Waals surface area contributed by atoms with Gasteiger partial charge in [-0.15, -0.1) is 21.5 Å². The Balaban J connectivity index is 1.69. The van der Waals surface area contributed by atoms with E-state index in [2.05, 4.69) is 33.8 Å². The smallest absolute Gasteiger partial charge is 0.321 e. The van der Waals surface area contributed by atoms with Crippen molar-refractivity contribution in [2.24, 2.45) is 13.0 Å². The van der Waals surface area contributed by atoms with Crippen LogP contribution in [0.1, 0.15) is 30.2 Å². The summed E-state index contributed by atoms with van der Waals surface area (Å²) in [6.07, 6.45) is 4.80. The van der Waals surface area contributed by atoms with Crippen molar-refractivity contribution in [3.8, 4) is 10.7 Å². The number of urea groups is 1. The lowest BCUT2D eigenvalue weighted by atomic mass is 9.87. The third-order valence-corrected chi connectivity index (χ3v) is 6.88. The summed E-state index contributed by atoms with van der Waals surface area (Å²) >= 11 is 3.06. The number of rotatable bonds is 5. The highest BCUT2D eigenvalue weighted by Crippen LogP contribution is 2.37. The average molecular weight is 394 g/mol. The first-order valence-electron chi connectivity index (χ1n) is 8.67. The van der Waals surface area contributed by atoms with Gasteiger partial charge in [-0.25, -0.2) is 4.79 Å². The van der Waals surface area contributed by atoms with Gasteiger partial charge in [0, 0.05) is 19.0 Å². The van der Waals surface area contributed by atoms with Crippen molar-refractivity contribution in [1.29, 1.82) is 0 Å². The molecule has 0 fully saturated rings. The van der Waals surface area contributed by atoms with Gasteiger partial charge < -0.3 is 9.88 Å². The van der Waals surface area contributed by atoms with Crippen LogP contribution >= 0.6 is 23.1 Å². The Hall–Kier alpha value is -1.87. The van der Waals surface area contributed by atoms with E-state index in [1.165, 1.54) is 42.1 Å². The topological polar surface area (TPSA) is 88.9 Å². The van der Waals surface area contributed by atoms with E-state index in [0.717, 1.165) is 29.5 Å². The number of hydrogen-bond acceptors (Lipinski definition) is 6. The van der Waals surface area contributed by atoms with Crippen molar-refractivity contribution in [3.63, 3.8) is 0 Å². The van der Waals surface area contributed by atoms with Crippen LogP contribution in [0.3, 0.4) is 0 Å². The molecule has 3 rings (SSSR count). The number of nitrogens with zero attached hydrogens (tertiary/aromatic N) is 3. The Morgan fingerprint density at radius 3 is 2.96 bits per heavy atom. The van der Waals surface area contributed by atoms with Gasteiger partial charge in [-0.2, -0.15) is 0 Å². The molecule has 0 unspecified atom stereocenters. The highest BCUT2D eigenvalue weighted by Gasteiger charge is 2.22. The van der Waals surface area contributed by atoms with Crippen molar-refractivity contribution in [3.05, 3.63) is 16.5 Å². The molecule has 9 heteroatoms. The van der Waals surface area contributed by atoms with E-state index in [0.29, 0.717) is 5.16 Å². The maximum absolute atomic E-state index is 11.7. The summed E-state index contributed by atoms with van der Waals surface area (Å²) in [4.78, 5) is 25.5. The highest BCUT2D eigenvalue weighted by atomic mass is 32.2. The average Bonchev–Trinajstić information content (AvgIpc) is 3.22. The standard InChI is InChI=1S/C17H23N5O2S2/c1-4-10-5-6-12-11(7-10)8-13(26-12)15-20-21-17(22(15)3)25-9-14(23)19-16(24)18-2/h8,10H,4-7,9H2,1-3H3,(H2,18,19,23,24)/t10-/m1/s1. The van der Waals surface area contributed by atoms with Crippen LogP contribution < -0.4 is 10.6 Å². The fourth-order valence-corrected chi connectivity index (χ4v) is 5.01. The van der Waals surface area contributed by atoms with E-state index < -0.39 is 6.03 Å². The summed E-state index contributed by atoms with van der Waals surface area (Å²) in [6, 6.07) is 1.74. The molecule has 140 valence electrons. The molecule has 0 saturated carbocycles. The molecule has 2 N–H and O–H groups in total. The molecule has 1 aliphatic carbocycles. The number of aryl methyl sites for hydroxylation is 1. The van der Waals surface area contributed by atoms with Crippen LogP contribution in [-0.2, 0) is 24.7 Å². The minimum atomic E-state index is -0.510. The zero-order valence-corrected chi connectivity index (χ0v) is 16.8. The van der Waals surface area contributed by atoms with Gasteiger partial charge in [-0.3, -0.25) is 10.1 Å². The lowest BCUT2D eigenvalue weighted by Crippen LogP contribution is -2.38. The summed E-state index contributed by atoms with van der Waals surface area (Å²) in [5, 5.41) is 13.8. The summed E-state index contributed by atoms with van der Waals surface area (Å²) < 4.78 is 1.91. The molecule has 0 spiro atoms. The number of hydrogen-bond donors (Lipinski definition) is 2. The fourth-order valence-electron chi connectivity index (χ4n) is 3.07. The summed E-state index contributed by atoms with van der Waals surface area (Å²) in [6.45, 7) is 2.26. The van der Waals surface area contributed by atoms with Crippen LogP contribution in [0.4, 0.5) is 4.79 Å². The normalized spacial score (nSPS) is 16.2. The second-order valence-corrected chi connectivity index (χ2v) is 8.44. The number of thioether (sulfide) groups is 1. The first-order chi connectivity index (χ1) is 12.5. The zero-order chi connectivity index (χ0) is 18.7. The number of thiophene rings is 1. The van der Waals surface area contributed by atoms with Gasteiger partial charge in [0.2, 0.25) is 5.91 Å². The van der Waals surface area contributed by atoms with Gasteiger partial charge in [-0.05, 0) is 36.8 Å². The monoisotopic (exact) mass is 393 g/mol. The zero-order valence-electron chi connectivity index (χ0n) is 15.2. The summed E-state index contributed by atoms with van der Waals surface area (Å²) in [5.41, 5.74) is 1.45. The van der Waals surface area contributed by atoms with E-state index >= 15 is 0 Å². The molecule has 0 bridgehead atoms. The van der Waals surface area contributed by atoms with Crippen LogP contribution in [0.25, 0.3) is 10.7 Å². The molecule has 3 amide bonds. The van der Waals surface area contributed by atoms with E-state index in [1.54, 1.807) is 11.3 Å². The van der Waals surface area contributed by atoms with Gasteiger partial charge in [0.15, 0.2) is 11.0 Å². The van der Waals surface area contributed by atoms with Crippen molar-refractivity contribution in [2.75, 3.05) is 12.8 Å². The Bertz CT molecular complexity index is 814. The Morgan fingerprint density at radius 1 is 1.42 bits per heavy atom. The van der Waals surface area contributed by atoms with Crippen LogP contribution in [0.2, 0.25) is 0 Å². The molecule has 2 heterocycles. The van der Waals surface area contributed by atoms with Crippen molar-refractivity contribution in [2.45, 2.75) is 37.8 Å². The number of aromatic nitrogens is 3. The number of nitrogens with one attached hydrogen (secondary N) is 2. The highest BCUT2D eigenvalue weighted by molar-refractivity contribution is 7.99. The summed E-state index contributed by atoms with van der Waals surface area (Å²) in [5.74, 6) is 1.36. The molecule has 0 aromatic carbocycles. The maximum atomic E-state index is 11.7. The van der Waals surface area contributed by atoms with Crippen LogP contribution in [0.5, 0.6) is 0 Å². The second kappa shape index (κ2) is 8.22. The molecular weight excluding hydrogens is 370 g/mol. The third kappa shape index (κ3) is 4.09. The van der Waals surface area contributed by atoms with Crippen molar-refractivity contribution >= 4 is 35.0 Å². The van der Waals surface area contributed by atoms with E-state index in [4.69, 9.17) is 0 Å². The Labute approximate surface area is 161 Å². The summed E-state index contributed by atoms with van der Waals surface area (Å²) in [7, 11) is 3.37. The maximum Gasteiger partial charge on any atom is 0.321 e. The van der Waals surface area contributed by atoms with Crippen molar-refractivity contribution in [1.82, 2.24) is 25.4 Å². The predicted molar refractivity (Wildman–Crippen MR) is 103 cm³/mol. The van der Waals surface area contributed by atoms with E-state index in [1.807, 2.05) is 11.6 Å². The molecule has 26 heavy (non-hydrogen) atoms. The van der Waals surface area contributed by atoms with Gasteiger partial charge in [0.25, 0.3) is 0 Å². The number of carbonyl (C=O) groups excluding carboxylic acids is 2. The third-order valence-electron chi connectivity index (χ3n) is 4.63. The predicted octanol–water partition coefficient (Wildman–Crippen LogP) is 2.61. The number of fused-ring (bicyclic) bond motifs is 1. The number of imide groups is 1.